The second kappa shape index (κ2) is 5.14. The van der Waals surface area contributed by atoms with Crippen LogP contribution in [0.2, 0.25) is 0 Å². The Morgan fingerprint density at radius 3 is 1.94 bits per heavy atom. The number of nitrogens with zero attached hydrogens (tertiary/aromatic N) is 1. The molecule has 1 aromatic carbocycles. The van der Waals surface area contributed by atoms with Crippen LogP contribution in [0.15, 0.2) is 12.1 Å². The molecule has 0 saturated carbocycles. The van der Waals surface area contributed by atoms with Gasteiger partial charge in [-0.2, -0.15) is 0 Å². The van der Waals surface area contributed by atoms with E-state index >= 15 is 0 Å². The second-order valence-electron chi connectivity index (χ2n) is 3.69. The molecule has 0 aliphatic carbocycles. The van der Waals surface area contributed by atoms with E-state index in [1.54, 1.807) is 12.1 Å². The zero-order valence-corrected chi connectivity index (χ0v) is 9.62. The summed E-state index contributed by atoms with van der Waals surface area (Å²) < 4.78 is 0. The average molecular weight is 213 g/mol. The molecule has 2 heteroatoms. The van der Waals surface area contributed by atoms with Crippen molar-refractivity contribution in [2.24, 2.45) is 0 Å². The topological polar surface area (TPSA) is 23.5 Å². The van der Waals surface area contributed by atoms with Crippen LogP contribution in [0, 0.1) is 38.5 Å². The van der Waals surface area contributed by atoms with Crippen molar-refractivity contribution in [2.45, 2.75) is 13.8 Å². The normalized spacial score (nSPS) is 9.25. The number of benzene rings is 1. The summed E-state index contributed by atoms with van der Waals surface area (Å²) in [6, 6.07) is 3.42. The van der Waals surface area contributed by atoms with E-state index in [4.69, 9.17) is 12.8 Å². The Morgan fingerprint density at radius 1 is 1.12 bits per heavy atom. The molecule has 0 saturated heterocycles. The Bertz CT molecular complexity index is 424. The minimum atomic E-state index is 0.264. The predicted octanol–water partition coefficient (Wildman–Crippen LogP) is 2.08. The van der Waals surface area contributed by atoms with Crippen LogP contribution in [0.3, 0.4) is 0 Å². The highest BCUT2D eigenvalue weighted by Crippen LogP contribution is 2.28. The molecule has 82 valence electrons. The van der Waals surface area contributed by atoms with Crippen molar-refractivity contribution in [3.05, 3.63) is 23.3 Å². The van der Waals surface area contributed by atoms with Gasteiger partial charge in [0.2, 0.25) is 0 Å². The smallest absolute Gasteiger partial charge is 0.116 e. The minimum absolute atomic E-state index is 0.264. The fraction of sp³-hybridized carbons (Fsp3) is 0.286. The van der Waals surface area contributed by atoms with Gasteiger partial charge in [0.1, 0.15) is 5.75 Å². The molecular weight excluding hydrogens is 198 g/mol. The summed E-state index contributed by atoms with van der Waals surface area (Å²) in [5.41, 5.74) is 2.96. The van der Waals surface area contributed by atoms with E-state index in [9.17, 15) is 5.11 Å². The van der Waals surface area contributed by atoms with Crippen LogP contribution in [-0.4, -0.2) is 18.2 Å². The van der Waals surface area contributed by atoms with E-state index in [2.05, 4.69) is 11.8 Å². The SMILES string of the molecule is C#CCN(CC#C)c1c(C)cc(O)cc1C. The fourth-order valence-electron chi connectivity index (χ4n) is 1.87. The molecule has 0 fully saturated rings. The number of aryl methyl sites for hydroxylation is 2. The first-order valence-corrected chi connectivity index (χ1v) is 5.02. The highest BCUT2D eigenvalue weighted by Gasteiger charge is 2.11. The molecule has 0 radical (unpaired) electrons. The summed E-state index contributed by atoms with van der Waals surface area (Å²) in [4.78, 5) is 1.95. The molecule has 0 spiro atoms. The van der Waals surface area contributed by atoms with Crippen LogP contribution in [0.4, 0.5) is 5.69 Å². The molecule has 0 atom stereocenters. The van der Waals surface area contributed by atoms with Crippen LogP contribution in [0.1, 0.15) is 11.1 Å². The molecule has 0 amide bonds. The van der Waals surface area contributed by atoms with Crippen LogP contribution in [-0.2, 0) is 0 Å². The van der Waals surface area contributed by atoms with Crippen molar-refractivity contribution in [1.82, 2.24) is 0 Å². The summed E-state index contributed by atoms with van der Waals surface area (Å²) in [7, 11) is 0. The summed E-state index contributed by atoms with van der Waals surface area (Å²) in [5.74, 6) is 5.44. The molecule has 2 nitrogen and oxygen atoms in total. The predicted molar refractivity (Wildman–Crippen MR) is 67.5 cm³/mol. The van der Waals surface area contributed by atoms with Gasteiger partial charge in [0.05, 0.1) is 13.1 Å². The van der Waals surface area contributed by atoms with E-state index in [0.717, 1.165) is 16.8 Å². The first-order chi connectivity index (χ1) is 7.60. The Morgan fingerprint density at radius 2 is 1.56 bits per heavy atom. The maximum absolute atomic E-state index is 9.46. The summed E-state index contributed by atoms with van der Waals surface area (Å²) >= 11 is 0. The molecule has 1 aromatic rings. The molecular formula is C14H15NO. The fourth-order valence-corrected chi connectivity index (χ4v) is 1.87. The van der Waals surface area contributed by atoms with E-state index < -0.39 is 0 Å². The lowest BCUT2D eigenvalue weighted by Crippen LogP contribution is -2.25. The maximum Gasteiger partial charge on any atom is 0.116 e. The molecule has 1 N–H and O–H groups in total. The number of aromatic hydroxyl groups is 1. The number of anilines is 1. The quantitative estimate of drug-likeness (QED) is 0.777. The number of terminal acetylenes is 2. The van der Waals surface area contributed by atoms with E-state index in [1.165, 1.54) is 0 Å². The molecule has 0 aromatic heterocycles. The van der Waals surface area contributed by atoms with Crippen molar-refractivity contribution in [1.29, 1.82) is 0 Å². The van der Waals surface area contributed by atoms with E-state index in [1.807, 2.05) is 18.7 Å². The van der Waals surface area contributed by atoms with Crippen molar-refractivity contribution >= 4 is 5.69 Å². The van der Waals surface area contributed by atoms with Crippen molar-refractivity contribution in [3.63, 3.8) is 0 Å². The van der Waals surface area contributed by atoms with Gasteiger partial charge in [-0.25, -0.2) is 0 Å². The number of hydrogen-bond acceptors (Lipinski definition) is 2. The third-order valence-electron chi connectivity index (χ3n) is 2.36. The highest BCUT2D eigenvalue weighted by atomic mass is 16.3. The molecule has 0 heterocycles. The lowest BCUT2D eigenvalue weighted by atomic mass is 10.1. The van der Waals surface area contributed by atoms with Gasteiger partial charge in [-0.05, 0) is 37.1 Å². The van der Waals surface area contributed by atoms with Crippen LogP contribution in [0.5, 0.6) is 5.75 Å². The van der Waals surface area contributed by atoms with Gasteiger partial charge in [-0.15, -0.1) is 12.8 Å². The van der Waals surface area contributed by atoms with Gasteiger partial charge in [0.15, 0.2) is 0 Å². The van der Waals surface area contributed by atoms with E-state index in [-0.39, 0.29) is 5.75 Å². The van der Waals surface area contributed by atoms with E-state index in [0.29, 0.717) is 13.1 Å². The lowest BCUT2D eigenvalue weighted by Gasteiger charge is -2.24. The van der Waals surface area contributed by atoms with Crippen LogP contribution < -0.4 is 4.90 Å². The molecule has 16 heavy (non-hydrogen) atoms. The third-order valence-corrected chi connectivity index (χ3v) is 2.36. The van der Waals surface area contributed by atoms with Gasteiger partial charge in [0.25, 0.3) is 0 Å². The van der Waals surface area contributed by atoms with Crippen LogP contribution in [0.25, 0.3) is 0 Å². The minimum Gasteiger partial charge on any atom is -0.508 e. The van der Waals surface area contributed by atoms with Crippen LogP contribution >= 0.6 is 0 Å². The monoisotopic (exact) mass is 213 g/mol. The Balaban J connectivity index is 3.20. The molecule has 1 rings (SSSR count). The van der Waals surface area contributed by atoms with Crippen molar-refractivity contribution < 1.29 is 5.11 Å². The second-order valence-corrected chi connectivity index (χ2v) is 3.69. The zero-order chi connectivity index (χ0) is 12.1. The van der Waals surface area contributed by atoms with Gasteiger partial charge in [0, 0.05) is 5.69 Å². The lowest BCUT2D eigenvalue weighted by molar-refractivity contribution is 0.474. The standard InChI is InChI=1S/C14H15NO/c1-5-7-15(8-6-2)14-11(3)9-13(16)10-12(14)4/h1-2,9-10,16H,7-8H2,3-4H3. The first kappa shape index (κ1) is 12.0. The van der Waals surface area contributed by atoms with Crippen molar-refractivity contribution in [3.8, 4) is 30.4 Å². The zero-order valence-electron chi connectivity index (χ0n) is 9.62. The average Bonchev–Trinajstić information content (AvgIpc) is 2.16. The number of rotatable bonds is 3. The van der Waals surface area contributed by atoms with Crippen molar-refractivity contribution in [2.75, 3.05) is 18.0 Å². The number of phenols is 1. The first-order valence-electron chi connectivity index (χ1n) is 5.02. The van der Waals surface area contributed by atoms with Gasteiger partial charge < -0.3 is 10.0 Å². The largest absolute Gasteiger partial charge is 0.508 e. The number of hydrogen-bond donors (Lipinski definition) is 1. The van der Waals surface area contributed by atoms with Gasteiger partial charge in [-0.1, -0.05) is 11.8 Å². The Hall–Kier alpha value is -2.06. The maximum atomic E-state index is 9.46. The summed E-state index contributed by atoms with van der Waals surface area (Å²) in [6.07, 6.45) is 10.6. The van der Waals surface area contributed by atoms with Gasteiger partial charge in [-0.3, -0.25) is 0 Å². The Labute approximate surface area is 96.9 Å². The number of phenolic OH excluding ortho intramolecular Hbond substituents is 1. The van der Waals surface area contributed by atoms with Gasteiger partial charge >= 0.3 is 0 Å². The molecule has 0 aliphatic rings. The Kier molecular flexibility index (Phi) is 3.86. The molecule has 0 aliphatic heterocycles. The molecule has 0 unspecified atom stereocenters. The molecule has 0 bridgehead atoms. The third kappa shape index (κ3) is 2.49. The summed E-state index contributed by atoms with van der Waals surface area (Å²) in [5, 5.41) is 9.46. The highest BCUT2D eigenvalue weighted by molar-refractivity contribution is 5.62. The summed E-state index contributed by atoms with van der Waals surface area (Å²) in [6.45, 7) is 4.80.